The number of halogens is 3. The summed E-state index contributed by atoms with van der Waals surface area (Å²) in [4.78, 5) is 14.9. The van der Waals surface area contributed by atoms with E-state index in [0.29, 0.717) is 5.69 Å². The summed E-state index contributed by atoms with van der Waals surface area (Å²) >= 11 is 0. The highest BCUT2D eigenvalue weighted by atomic mass is 32.2. The lowest BCUT2D eigenvalue weighted by Gasteiger charge is -2.29. The third-order valence-electron chi connectivity index (χ3n) is 6.24. The average molecular weight is 536 g/mol. The predicted molar refractivity (Wildman–Crippen MR) is 133 cm³/mol. The lowest BCUT2D eigenvalue weighted by molar-refractivity contribution is -0.122. The number of sulfone groups is 1. The highest BCUT2D eigenvalue weighted by molar-refractivity contribution is 7.90. The Labute approximate surface area is 214 Å². The number of likely N-dealkylation sites (tertiary alicyclic amines) is 1. The number of carbonyl (C=O) groups is 1. The molecule has 1 aliphatic rings. The Kier molecular flexibility index (Phi) is 9.28. The average Bonchev–Trinajstić information content (AvgIpc) is 3.30. The molecule has 0 amide bonds. The Morgan fingerprint density at radius 3 is 2.46 bits per heavy atom. The lowest BCUT2D eigenvalue weighted by Crippen LogP contribution is -2.35. The van der Waals surface area contributed by atoms with Crippen molar-refractivity contribution in [2.24, 2.45) is 0 Å². The Morgan fingerprint density at radius 1 is 1.14 bits per heavy atom. The summed E-state index contributed by atoms with van der Waals surface area (Å²) in [6.45, 7) is 3.55. The van der Waals surface area contributed by atoms with Crippen molar-refractivity contribution in [2.45, 2.75) is 36.6 Å². The van der Waals surface area contributed by atoms with Gasteiger partial charge < -0.3 is 10.0 Å². The van der Waals surface area contributed by atoms with E-state index in [1.54, 1.807) is 7.05 Å². The topological polar surface area (TPSA) is 90.8 Å². The number of likely N-dealkylation sites (N-methyl/N-ethyl adjacent to an activating group) is 1. The molecule has 11 heteroatoms. The smallest absolute Gasteiger partial charge is 0.290 e. The van der Waals surface area contributed by atoms with E-state index in [9.17, 15) is 12.8 Å². The second kappa shape index (κ2) is 12.2. The summed E-state index contributed by atoms with van der Waals surface area (Å²) in [5.74, 6) is -3.96. The minimum atomic E-state index is -4.42. The van der Waals surface area contributed by atoms with E-state index < -0.39 is 38.1 Å². The van der Waals surface area contributed by atoms with E-state index in [0.717, 1.165) is 38.2 Å². The fourth-order valence-electron chi connectivity index (χ4n) is 4.44. The number of rotatable bonds is 7. The summed E-state index contributed by atoms with van der Waals surface area (Å²) in [7, 11) is -2.66. The first-order valence-corrected chi connectivity index (χ1v) is 13.1. The SMILES string of the molecule is Cc1c(N(C)[C@H]2CCN(Cc3ccccc3)C2)cc(F)c(S(=O)(=O)Cc2cccc(F)n2)c1F.O=CO. The van der Waals surface area contributed by atoms with Crippen LogP contribution in [-0.4, -0.2) is 56.1 Å². The van der Waals surface area contributed by atoms with E-state index in [2.05, 4.69) is 22.0 Å². The van der Waals surface area contributed by atoms with Gasteiger partial charge in [-0.2, -0.15) is 4.39 Å². The standard InChI is InChI=1S/C25H26F3N3O2S.CH2O2/c1-17-22(30(2)20-11-12-31(15-20)14-18-7-4-3-5-8-18)13-21(26)25(24(17)28)34(32,33)16-19-9-6-10-23(27)29-19;2-1-3/h3-10,13,20H,11-12,14-16H2,1-2H3;1H,(H,2,3)/t20-;/m0./s1. The molecule has 1 saturated heterocycles. The Morgan fingerprint density at radius 2 is 1.81 bits per heavy atom. The van der Waals surface area contributed by atoms with Crippen LogP contribution in [0.15, 0.2) is 59.5 Å². The Balaban J connectivity index is 0.00000121. The zero-order valence-corrected chi connectivity index (χ0v) is 21.3. The molecule has 0 saturated carbocycles. The molecule has 0 bridgehead atoms. The summed E-state index contributed by atoms with van der Waals surface area (Å²) in [5, 5.41) is 6.89. The maximum atomic E-state index is 15.3. The van der Waals surface area contributed by atoms with Gasteiger partial charge in [0.1, 0.15) is 16.5 Å². The van der Waals surface area contributed by atoms with Crippen molar-refractivity contribution in [3.8, 4) is 0 Å². The summed E-state index contributed by atoms with van der Waals surface area (Å²) < 4.78 is 69.2. The molecule has 1 aliphatic heterocycles. The fourth-order valence-corrected chi connectivity index (χ4v) is 5.92. The Bertz CT molecular complexity index is 1340. The number of anilines is 1. The van der Waals surface area contributed by atoms with Gasteiger partial charge in [0.15, 0.2) is 9.84 Å². The molecule has 1 aromatic heterocycles. The zero-order valence-electron chi connectivity index (χ0n) is 20.4. The second-order valence-electron chi connectivity index (χ2n) is 8.74. The van der Waals surface area contributed by atoms with Gasteiger partial charge in [-0.1, -0.05) is 36.4 Å². The van der Waals surface area contributed by atoms with Crippen molar-refractivity contribution in [3.05, 3.63) is 89.0 Å². The van der Waals surface area contributed by atoms with Gasteiger partial charge in [0.05, 0.1) is 11.4 Å². The minimum Gasteiger partial charge on any atom is -0.483 e. The van der Waals surface area contributed by atoms with Gasteiger partial charge in [-0.05, 0) is 37.1 Å². The monoisotopic (exact) mass is 535 g/mol. The highest BCUT2D eigenvalue weighted by Gasteiger charge is 2.32. The van der Waals surface area contributed by atoms with Crippen LogP contribution in [0.3, 0.4) is 0 Å². The first-order valence-electron chi connectivity index (χ1n) is 11.5. The molecule has 2 heterocycles. The first kappa shape index (κ1) is 28.1. The zero-order chi connectivity index (χ0) is 27.2. The molecule has 1 fully saturated rings. The number of hydrogen-bond donors (Lipinski definition) is 1. The number of carboxylic acid groups (broad SMARTS) is 1. The molecule has 198 valence electrons. The van der Waals surface area contributed by atoms with E-state index in [4.69, 9.17) is 9.90 Å². The third-order valence-corrected chi connectivity index (χ3v) is 7.91. The largest absolute Gasteiger partial charge is 0.483 e. The highest BCUT2D eigenvalue weighted by Crippen LogP contribution is 2.33. The molecule has 4 rings (SSSR count). The van der Waals surface area contributed by atoms with Gasteiger partial charge in [-0.15, -0.1) is 0 Å². The van der Waals surface area contributed by atoms with Crippen molar-refractivity contribution in [3.63, 3.8) is 0 Å². The van der Waals surface area contributed by atoms with E-state index >= 15 is 8.78 Å². The van der Waals surface area contributed by atoms with Crippen molar-refractivity contribution in [1.82, 2.24) is 9.88 Å². The number of nitrogens with zero attached hydrogens (tertiary/aromatic N) is 3. The molecular formula is C26H28F3N3O4S. The molecular weight excluding hydrogens is 507 g/mol. The lowest BCUT2D eigenvalue weighted by atomic mass is 10.1. The molecule has 37 heavy (non-hydrogen) atoms. The van der Waals surface area contributed by atoms with Crippen LogP contribution in [0.4, 0.5) is 18.9 Å². The molecule has 0 aliphatic carbocycles. The van der Waals surface area contributed by atoms with Gasteiger partial charge in [0.2, 0.25) is 5.95 Å². The maximum Gasteiger partial charge on any atom is 0.290 e. The molecule has 0 spiro atoms. The molecule has 1 N–H and O–H groups in total. The summed E-state index contributed by atoms with van der Waals surface area (Å²) in [6, 6.07) is 14.8. The van der Waals surface area contributed by atoms with Crippen molar-refractivity contribution in [2.75, 3.05) is 25.0 Å². The minimum absolute atomic E-state index is 0.0279. The predicted octanol–water partition coefficient (Wildman–Crippen LogP) is 4.19. The first-order chi connectivity index (χ1) is 17.6. The number of benzene rings is 2. The maximum absolute atomic E-state index is 15.3. The van der Waals surface area contributed by atoms with Crippen LogP contribution in [0.5, 0.6) is 0 Å². The molecule has 0 unspecified atom stereocenters. The van der Waals surface area contributed by atoms with Crippen molar-refractivity contribution < 1.29 is 31.5 Å². The number of hydrogen-bond acceptors (Lipinski definition) is 6. The number of aromatic nitrogens is 1. The van der Waals surface area contributed by atoms with Crippen LogP contribution in [0.2, 0.25) is 0 Å². The molecule has 2 aromatic carbocycles. The second-order valence-corrected chi connectivity index (χ2v) is 10.7. The van der Waals surface area contributed by atoms with Crippen molar-refractivity contribution >= 4 is 22.0 Å². The molecule has 3 aromatic rings. The van der Waals surface area contributed by atoms with Crippen LogP contribution in [-0.2, 0) is 26.9 Å². The quantitative estimate of drug-likeness (QED) is 0.358. The van der Waals surface area contributed by atoms with Crippen LogP contribution in [0.25, 0.3) is 0 Å². The summed E-state index contributed by atoms with van der Waals surface area (Å²) in [6.07, 6.45) is 0.817. The van der Waals surface area contributed by atoms with E-state index in [1.165, 1.54) is 24.6 Å². The van der Waals surface area contributed by atoms with Gasteiger partial charge in [-0.25, -0.2) is 22.2 Å². The van der Waals surface area contributed by atoms with E-state index in [-0.39, 0.29) is 23.8 Å². The van der Waals surface area contributed by atoms with Gasteiger partial charge in [-0.3, -0.25) is 9.69 Å². The van der Waals surface area contributed by atoms with Gasteiger partial charge >= 0.3 is 0 Å². The molecule has 0 radical (unpaired) electrons. The van der Waals surface area contributed by atoms with Crippen LogP contribution in [0, 0.1) is 24.5 Å². The van der Waals surface area contributed by atoms with Crippen LogP contribution >= 0.6 is 0 Å². The molecule has 7 nitrogen and oxygen atoms in total. The van der Waals surface area contributed by atoms with Gasteiger partial charge in [0, 0.05) is 44.0 Å². The van der Waals surface area contributed by atoms with Crippen LogP contribution in [0.1, 0.15) is 23.2 Å². The summed E-state index contributed by atoms with van der Waals surface area (Å²) in [5.41, 5.74) is 1.43. The van der Waals surface area contributed by atoms with E-state index in [1.807, 2.05) is 23.1 Å². The van der Waals surface area contributed by atoms with Gasteiger partial charge in [0.25, 0.3) is 6.47 Å². The van der Waals surface area contributed by atoms with Crippen molar-refractivity contribution in [1.29, 1.82) is 0 Å². The van der Waals surface area contributed by atoms with Crippen LogP contribution < -0.4 is 4.90 Å². The fraction of sp³-hybridized carbons (Fsp3) is 0.308. The number of pyridine rings is 1. The normalized spacial score (nSPS) is 15.6. The third kappa shape index (κ3) is 6.86. The Hall–Kier alpha value is -3.44. The molecule has 1 atom stereocenters.